The zero-order valence-corrected chi connectivity index (χ0v) is 10.8. The van der Waals surface area contributed by atoms with Crippen molar-refractivity contribution in [3.8, 4) is 5.82 Å². The van der Waals surface area contributed by atoms with E-state index in [4.69, 9.17) is 0 Å². The highest BCUT2D eigenvalue weighted by Gasteiger charge is 2.13. The van der Waals surface area contributed by atoms with Gasteiger partial charge in [-0.2, -0.15) is 0 Å². The summed E-state index contributed by atoms with van der Waals surface area (Å²) in [5, 5.41) is 0. The SMILES string of the molecule is Brc1cn(-c2cnc(N3CCCC3)cn2)cn1. The van der Waals surface area contributed by atoms with Crippen LogP contribution in [0, 0.1) is 0 Å². The van der Waals surface area contributed by atoms with Gasteiger partial charge in [-0.1, -0.05) is 0 Å². The van der Waals surface area contributed by atoms with Crippen LogP contribution < -0.4 is 4.90 Å². The lowest BCUT2D eigenvalue weighted by atomic mass is 10.4. The molecule has 1 aliphatic rings. The van der Waals surface area contributed by atoms with Crippen LogP contribution >= 0.6 is 15.9 Å². The number of rotatable bonds is 2. The predicted octanol–water partition coefficient (Wildman–Crippen LogP) is 2.02. The maximum Gasteiger partial charge on any atom is 0.156 e. The van der Waals surface area contributed by atoms with Crippen molar-refractivity contribution in [2.45, 2.75) is 12.8 Å². The van der Waals surface area contributed by atoms with Crippen molar-refractivity contribution in [3.05, 3.63) is 29.5 Å². The molecule has 88 valence electrons. The molecule has 1 aliphatic heterocycles. The fourth-order valence-electron chi connectivity index (χ4n) is 1.98. The number of aromatic nitrogens is 4. The minimum atomic E-state index is 0.783. The summed E-state index contributed by atoms with van der Waals surface area (Å²) in [4.78, 5) is 15.2. The molecule has 0 unspecified atom stereocenters. The topological polar surface area (TPSA) is 46.8 Å². The predicted molar refractivity (Wildman–Crippen MR) is 68.3 cm³/mol. The highest BCUT2D eigenvalue weighted by molar-refractivity contribution is 9.10. The van der Waals surface area contributed by atoms with E-state index >= 15 is 0 Å². The zero-order chi connectivity index (χ0) is 11.7. The summed E-state index contributed by atoms with van der Waals surface area (Å²) in [6.07, 6.45) is 9.68. The van der Waals surface area contributed by atoms with Gasteiger partial charge < -0.3 is 4.90 Å². The Morgan fingerprint density at radius 1 is 1.00 bits per heavy atom. The molecular formula is C11H12BrN5. The smallest absolute Gasteiger partial charge is 0.156 e. The Labute approximate surface area is 108 Å². The number of hydrogen-bond donors (Lipinski definition) is 0. The first-order chi connectivity index (χ1) is 8.33. The molecule has 0 aromatic carbocycles. The van der Waals surface area contributed by atoms with Crippen LogP contribution in [0.15, 0.2) is 29.5 Å². The second kappa shape index (κ2) is 4.44. The van der Waals surface area contributed by atoms with Gasteiger partial charge in [0.15, 0.2) is 5.82 Å². The minimum Gasteiger partial charge on any atom is -0.355 e. The van der Waals surface area contributed by atoms with Crippen LogP contribution in [-0.4, -0.2) is 32.6 Å². The number of nitrogens with zero attached hydrogens (tertiary/aromatic N) is 5. The molecule has 3 heterocycles. The van der Waals surface area contributed by atoms with Crippen LogP contribution in [0.1, 0.15) is 12.8 Å². The lowest BCUT2D eigenvalue weighted by molar-refractivity contribution is 0.904. The van der Waals surface area contributed by atoms with E-state index < -0.39 is 0 Å². The van der Waals surface area contributed by atoms with Crippen molar-refractivity contribution < 1.29 is 0 Å². The normalized spacial score (nSPS) is 15.5. The third kappa shape index (κ3) is 2.17. The molecule has 1 fully saturated rings. The molecule has 5 nitrogen and oxygen atoms in total. The van der Waals surface area contributed by atoms with E-state index in [0.29, 0.717) is 0 Å². The number of halogens is 1. The Hall–Kier alpha value is -1.43. The molecule has 3 rings (SSSR count). The largest absolute Gasteiger partial charge is 0.355 e. The average molecular weight is 294 g/mol. The summed E-state index contributed by atoms with van der Waals surface area (Å²) in [7, 11) is 0. The summed E-state index contributed by atoms with van der Waals surface area (Å²) < 4.78 is 2.63. The summed E-state index contributed by atoms with van der Waals surface area (Å²) in [6, 6.07) is 0. The van der Waals surface area contributed by atoms with Crippen molar-refractivity contribution in [1.82, 2.24) is 19.5 Å². The van der Waals surface area contributed by atoms with Gasteiger partial charge in [-0.15, -0.1) is 0 Å². The first kappa shape index (κ1) is 10.7. The van der Waals surface area contributed by atoms with Crippen LogP contribution in [0.2, 0.25) is 0 Å². The molecule has 0 bridgehead atoms. The highest BCUT2D eigenvalue weighted by Crippen LogP contribution is 2.17. The van der Waals surface area contributed by atoms with E-state index in [-0.39, 0.29) is 0 Å². The molecule has 6 heteroatoms. The molecule has 17 heavy (non-hydrogen) atoms. The number of imidazole rings is 1. The Bertz CT molecular complexity index is 501. The van der Waals surface area contributed by atoms with Crippen LogP contribution in [0.4, 0.5) is 5.82 Å². The van der Waals surface area contributed by atoms with Gasteiger partial charge in [0.25, 0.3) is 0 Å². The van der Waals surface area contributed by atoms with E-state index in [1.54, 1.807) is 12.5 Å². The maximum absolute atomic E-state index is 4.45. The van der Waals surface area contributed by atoms with Crippen LogP contribution in [0.5, 0.6) is 0 Å². The Kier molecular flexibility index (Phi) is 2.80. The molecule has 0 saturated carbocycles. The monoisotopic (exact) mass is 293 g/mol. The van der Waals surface area contributed by atoms with Gasteiger partial charge >= 0.3 is 0 Å². The third-order valence-corrected chi connectivity index (χ3v) is 3.28. The molecular weight excluding hydrogens is 282 g/mol. The lowest BCUT2D eigenvalue weighted by Gasteiger charge is -2.15. The van der Waals surface area contributed by atoms with Crippen molar-refractivity contribution in [1.29, 1.82) is 0 Å². The fourth-order valence-corrected chi connectivity index (χ4v) is 2.29. The summed E-state index contributed by atoms with van der Waals surface area (Å²) in [5.74, 6) is 1.75. The van der Waals surface area contributed by atoms with Crippen LogP contribution in [0.3, 0.4) is 0 Å². The molecule has 1 saturated heterocycles. The van der Waals surface area contributed by atoms with Crippen LogP contribution in [-0.2, 0) is 0 Å². The second-order valence-corrected chi connectivity index (χ2v) is 4.84. The number of hydrogen-bond acceptors (Lipinski definition) is 4. The van der Waals surface area contributed by atoms with Crippen LogP contribution in [0.25, 0.3) is 5.82 Å². The molecule has 0 aliphatic carbocycles. The van der Waals surface area contributed by atoms with E-state index in [9.17, 15) is 0 Å². The fraction of sp³-hybridized carbons (Fsp3) is 0.364. The Balaban J connectivity index is 1.84. The van der Waals surface area contributed by atoms with Crippen molar-refractivity contribution in [2.24, 2.45) is 0 Å². The first-order valence-electron chi connectivity index (χ1n) is 5.60. The van der Waals surface area contributed by atoms with Crippen molar-refractivity contribution in [2.75, 3.05) is 18.0 Å². The zero-order valence-electron chi connectivity index (χ0n) is 9.25. The van der Waals surface area contributed by atoms with E-state index in [1.807, 2.05) is 17.0 Å². The summed E-state index contributed by atoms with van der Waals surface area (Å²) >= 11 is 3.31. The lowest BCUT2D eigenvalue weighted by Crippen LogP contribution is -2.19. The summed E-state index contributed by atoms with van der Waals surface area (Å²) in [6.45, 7) is 2.18. The number of anilines is 1. The molecule has 0 atom stereocenters. The standard InChI is InChI=1S/C11H12BrN5/c12-9-7-17(8-15-9)11-6-13-10(5-14-11)16-3-1-2-4-16/h5-8H,1-4H2. The molecule has 0 N–H and O–H groups in total. The van der Waals surface area contributed by atoms with Crippen molar-refractivity contribution >= 4 is 21.7 Å². The Morgan fingerprint density at radius 2 is 1.71 bits per heavy atom. The average Bonchev–Trinajstić information content (AvgIpc) is 3.00. The summed E-state index contributed by atoms with van der Waals surface area (Å²) in [5.41, 5.74) is 0. The van der Waals surface area contributed by atoms with E-state index in [0.717, 1.165) is 29.3 Å². The quantitative estimate of drug-likeness (QED) is 0.850. The molecule has 0 amide bonds. The van der Waals surface area contributed by atoms with Gasteiger partial charge in [-0.25, -0.2) is 15.0 Å². The van der Waals surface area contributed by atoms with E-state index in [1.165, 1.54) is 12.8 Å². The van der Waals surface area contributed by atoms with Gasteiger partial charge in [0, 0.05) is 19.3 Å². The van der Waals surface area contributed by atoms with Crippen molar-refractivity contribution in [3.63, 3.8) is 0 Å². The van der Waals surface area contributed by atoms with Gasteiger partial charge in [-0.05, 0) is 28.8 Å². The third-order valence-electron chi connectivity index (χ3n) is 2.87. The van der Waals surface area contributed by atoms with Gasteiger partial charge in [0.05, 0.1) is 12.4 Å². The second-order valence-electron chi connectivity index (χ2n) is 4.03. The highest BCUT2D eigenvalue weighted by atomic mass is 79.9. The Morgan fingerprint density at radius 3 is 2.29 bits per heavy atom. The van der Waals surface area contributed by atoms with Gasteiger partial charge in [0.2, 0.25) is 0 Å². The first-order valence-corrected chi connectivity index (χ1v) is 6.39. The minimum absolute atomic E-state index is 0.783. The van der Waals surface area contributed by atoms with E-state index in [2.05, 4.69) is 35.8 Å². The van der Waals surface area contributed by atoms with Gasteiger partial charge in [0.1, 0.15) is 16.7 Å². The molecule has 2 aromatic heterocycles. The molecule has 0 radical (unpaired) electrons. The molecule has 2 aromatic rings. The maximum atomic E-state index is 4.45. The molecule has 0 spiro atoms. The van der Waals surface area contributed by atoms with Gasteiger partial charge in [-0.3, -0.25) is 4.57 Å².